The molecule has 3 unspecified atom stereocenters. The van der Waals surface area contributed by atoms with Crippen molar-refractivity contribution < 1.29 is 4.79 Å². The molecule has 0 aromatic heterocycles. The van der Waals surface area contributed by atoms with E-state index in [9.17, 15) is 4.79 Å². The number of fused-ring (bicyclic) bond motifs is 1. The van der Waals surface area contributed by atoms with Crippen LogP contribution < -0.4 is 0 Å². The molecule has 2 aliphatic heterocycles. The van der Waals surface area contributed by atoms with Gasteiger partial charge in [-0.05, 0) is 36.3 Å². The van der Waals surface area contributed by atoms with E-state index in [0.717, 1.165) is 12.1 Å². The third-order valence-corrected chi connectivity index (χ3v) is 5.19. The normalized spacial score (nSPS) is 38.2. The molecule has 1 aromatic rings. The van der Waals surface area contributed by atoms with Crippen molar-refractivity contribution in [2.24, 2.45) is 11.8 Å². The molecule has 1 amide bonds. The Labute approximate surface area is 102 Å². The second-order valence-electron chi connectivity index (χ2n) is 5.86. The minimum absolute atomic E-state index is 0.0765. The first-order valence-corrected chi connectivity index (χ1v) is 6.66. The summed E-state index contributed by atoms with van der Waals surface area (Å²) in [6.07, 6.45) is 3.73. The summed E-state index contributed by atoms with van der Waals surface area (Å²) in [6.45, 7) is 3.27. The average molecular weight is 227 g/mol. The second-order valence-corrected chi connectivity index (χ2v) is 5.86. The molecule has 1 aliphatic carbocycles. The minimum Gasteiger partial charge on any atom is -0.328 e. The molecule has 1 saturated heterocycles. The van der Waals surface area contributed by atoms with E-state index in [1.165, 1.54) is 24.8 Å². The molecule has 1 spiro atoms. The number of nitrogens with zero attached hydrogens (tertiary/aromatic N) is 1. The number of amides is 1. The van der Waals surface area contributed by atoms with Crippen molar-refractivity contribution in [1.29, 1.82) is 0 Å². The van der Waals surface area contributed by atoms with Gasteiger partial charge in [0, 0.05) is 12.1 Å². The molecule has 88 valence electrons. The molecule has 2 heterocycles. The first-order chi connectivity index (χ1) is 8.25. The highest BCUT2D eigenvalue weighted by molar-refractivity contribution is 6.00. The van der Waals surface area contributed by atoms with Gasteiger partial charge in [-0.15, -0.1) is 0 Å². The summed E-state index contributed by atoms with van der Waals surface area (Å²) in [6, 6.07) is 8.26. The lowest BCUT2D eigenvalue weighted by Crippen LogP contribution is -2.39. The summed E-state index contributed by atoms with van der Waals surface area (Å²) in [7, 11) is 0. The Bertz CT molecular complexity index is 509. The van der Waals surface area contributed by atoms with E-state index in [1.54, 1.807) is 0 Å². The van der Waals surface area contributed by atoms with E-state index < -0.39 is 0 Å². The molecule has 1 saturated carbocycles. The van der Waals surface area contributed by atoms with Crippen LogP contribution in [0.5, 0.6) is 0 Å². The Hall–Kier alpha value is -1.31. The van der Waals surface area contributed by atoms with Gasteiger partial charge in [0.2, 0.25) is 0 Å². The van der Waals surface area contributed by atoms with Gasteiger partial charge < -0.3 is 4.90 Å². The predicted molar refractivity (Wildman–Crippen MR) is 65.7 cm³/mol. The average Bonchev–Trinajstić information content (AvgIpc) is 2.95. The van der Waals surface area contributed by atoms with Crippen molar-refractivity contribution in [3.8, 4) is 0 Å². The fourth-order valence-corrected chi connectivity index (χ4v) is 4.62. The lowest BCUT2D eigenvalue weighted by atomic mass is 9.78. The zero-order valence-electron chi connectivity index (χ0n) is 10.1. The third-order valence-electron chi connectivity index (χ3n) is 5.19. The number of hydrogen-bond acceptors (Lipinski definition) is 1. The van der Waals surface area contributed by atoms with Crippen LogP contribution in [-0.2, 0) is 5.54 Å². The summed E-state index contributed by atoms with van der Waals surface area (Å²) >= 11 is 0. The maximum Gasteiger partial charge on any atom is 0.254 e. The molecule has 3 aliphatic rings. The van der Waals surface area contributed by atoms with E-state index in [4.69, 9.17) is 0 Å². The molecule has 1 aromatic carbocycles. The van der Waals surface area contributed by atoms with Gasteiger partial charge >= 0.3 is 0 Å². The first-order valence-electron chi connectivity index (χ1n) is 6.66. The third kappa shape index (κ3) is 0.921. The maximum absolute atomic E-state index is 12.5. The topological polar surface area (TPSA) is 20.3 Å². The smallest absolute Gasteiger partial charge is 0.254 e. The van der Waals surface area contributed by atoms with E-state index in [-0.39, 0.29) is 11.4 Å². The quantitative estimate of drug-likeness (QED) is 0.667. The Kier molecular flexibility index (Phi) is 1.67. The lowest BCUT2D eigenvalue weighted by molar-refractivity contribution is 0.0633. The van der Waals surface area contributed by atoms with Crippen LogP contribution >= 0.6 is 0 Å². The van der Waals surface area contributed by atoms with E-state index in [2.05, 4.69) is 24.0 Å². The van der Waals surface area contributed by atoms with Gasteiger partial charge in [0.05, 0.1) is 5.54 Å². The molecule has 3 atom stereocenters. The van der Waals surface area contributed by atoms with Crippen LogP contribution in [0.25, 0.3) is 0 Å². The van der Waals surface area contributed by atoms with Gasteiger partial charge in [0.1, 0.15) is 0 Å². The molecule has 2 nitrogen and oxygen atoms in total. The highest BCUT2D eigenvalue weighted by atomic mass is 16.2. The Balaban J connectivity index is 1.99. The summed E-state index contributed by atoms with van der Waals surface area (Å²) in [5, 5.41) is 0. The zero-order chi connectivity index (χ0) is 11.6. The van der Waals surface area contributed by atoms with Crippen molar-refractivity contribution in [3.63, 3.8) is 0 Å². The van der Waals surface area contributed by atoms with Crippen LogP contribution in [0.4, 0.5) is 0 Å². The summed E-state index contributed by atoms with van der Waals surface area (Å²) in [5.74, 6) is 1.63. The monoisotopic (exact) mass is 227 g/mol. The van der Waals surface area contributed by atoms with Crippen LogP contribution in [0.15, 0.2) is 24.3 Å². The predicted octanol–water partition coefficient (Wildman–Crippen LogP) is 2.79. The first kappa shape index (κ1) is 9.69. The van der Waals surface area contributed by atoms with Crippen molar-refractivity contribution in [2.45, 2.75) is 31.7 Å². The van der Waals surface area contributed by atoms with Gasteiger partial charge in [0.15, 0.2) is 0 Å². The highest BCUT2D eigenvalue weighted by Crippen LogP contribution is 2.59. The van der Waals surface area contributed by atoms with Gasteiger partial charge in [0.25, 0.3) is 5.91 Å². The van der Waals surface area contributed by atoms with E-state index in [1.807, 2.05) is 12.1 Å². The van der Waals surface area contributed by atoms with E-state index >= 15 is 0 Å². The van der Waals surface area contributed by atoms with Crippen molar-refractivity contribution in [3.05, 3.63) is 35.4 Å². The molecule has 0 bridgehead atoms. The highest BCUT2D eigenvalue weighted by Gasteiger charge is 2.61. The van der Waals surface area contributed by atoms with Crippen LogP contribution in [0.1, 0.15) is 42.1 Å². The number of rotatable bonds is 0. The zero-order valence-corrected chi connectivity index (χ0v) is 10.1. The van der Waals surface area contributed by atoms with Crippen molar-refractivity contribution in [1.82, 2.24) is 4.90 Å². The summed E-state index contributed by atoms with van der Waals surface area (Å²) < 4.78 is 0. The molecule has 17 heavy (non-hydrogen) atoms. The molecule has 0 radical (unpaired) electrons. The minimum atomic E-state index is 0.0765. The molecule has 2 fully saturated rings. The molecular formula is C15H17NO. The fraction of sp³-hybridized carbons (Fsp3) is 0.533. The molecule has 2 heteroatoms. The van der Waals surface area contributed by atoms with Gasteiger partial charge in [-0.3, -0.25) is 4.79 Å². The Morgan fingerprint density at radius 3 is 3.06 bits per heavy atom. The van der Waals surface area contributed by atoms with Crippen LogP contribution in [0, 0.1) is 11.8 Å². The summed E-state index contributed by atoms with van der Waals surface area (Å²) in [4.78, 5) is 14.7. The largest absolute Gasteiger partial charge is 0.328 e. The number of carbonyl (C=O) groups is 1. The van der Waals surface area contributed by atoms with Crippen LogP contribution in [-0.4, -0.2) is 17.4 Å². The Morgan fingerprint density at radius 2 is 2.18 bits per heavy atom. The Morgan fingerprint density at radius 1 is 1.35 bits per heavy atom. The lowest BCUT2D eigenvalue weighted by Gasteiger charge is -2.33. The maximum atomic E-state index is 12.5. The number of hydrogen-bond donors (Lipinski definition) is 0. The number of carbonyl (C=O) groups excluding carboxylic acids is 1. The van der Waals surface area contributed by atoms with Gasteiger partial charge in [-0.25, -0.2) is 0 Å². The fourth-order valence-electron chi connectivity index (χ4n) is 4.62. The second kappa shape index (κ2) is 2.92. The molecule has 0 N–H and O–H groups in total. The number of benzene rings is 1. The SMILES string of the molecule is CC1CN2C(=O)c3ccccc3C23CCCC13. The van der Waals surface area contributed by atoms with Crippen LogP contribution in [0.2, 0.25) is 0 Å². The van der Waals surface area contributed by atoms with Crippen molar-refractivity contribution >= 4 is 5.91 Å². The van der Waals surface area contributed by atoms with Crippen molar-refractivity contribution in [2.75, 3.05) is 6.54 Å². The molecular weight excluding hydrogens is 210 g/mol. The molecule has 4 rings (SSSR count). The summed E-state index contributed by atoms with van der Waals surface area (Å²) in [5.41, 5.74) is 2.36. The van der Waals surface area contributed by atoms with Gasteiger partial charge in [-0.2, -0.15) is 0 Å². The van der Waals surface area contributed by atoms with Gasteiger partial charge in [-0.1, -0.05) is 31.5 Å². The van der Waals surface area contributed by atoms with Crippen LogP contribution in [0.3, 0.4) is 0 Å². The standard InChI is InChI=1S/C15H17NO/c1-10-9-16-14(17)11-5-2-3-6-13(11)15(16)8-4-7-12(10)15/h2-3,5-6,10,12H,4,7-9H2,1H3. The van der Waals surface area contributed by atoms with E-state index in [0.29, 0.717) is 11.8 Å².